The minimum absolute atomic E-state index is 0.0945. The summed E-state index contributed by atoms with van der Waals surface area (Å²) in [4.78, 5) is 0. The van der Waals surface area contributed by atoms with Gasteiger partial charge in [0.2, 0.25) is 0 Å². The van der Waals surface area contributed by atoms with Gasteiger partial charge in [0.1, 0.15) is 11.5 Å². The number of phenols is 1. The van der Waals surface area contributed by atoms with E-state index in [9.17, 15) is 18.3 Å². The van der Waals surface area contributed by atoms with Crippen LogP contribution in [0.15, 0.2) is 48.5 Å². The number of rotatable bonds is 3. The van der Waals surface area contributed by atoms with Crippen molar-refractivity contribution in [1.29, 1.82) is 0 Å². The standard InChI is InChI=1S/C14H9F3N4O2/c15-14(16,17)23-12-7-1-9(2-8-12)13-18-19-20-21(13)10-3-5-11(22)6-4-10/h1-8,22H. The summed E-state index contributed by atoms with van der Waals surface area (Å²) >= 11 is 0. The predicted molar refractivity (Wildman–Crippen MR) is 72.9 cm³/mol. The van der Waals surface area contributed by atoms with E-state index >= 15 is 0 Å². The number of tetrazole rings is 1. The van der Waals surface area contributed by atoms with E-state index in [-0.39, 0.29) is 11.5 Å². The van der Waals surface area contributed by atoms with Crippen molar-refractivity contribution in [2.45, 2.75) is 6.36 Å². The van der Waals surface area contributed by atoms with Crippen LogP contribution in [0.1, 0.15) is 0 Å². The average molecular weight is 322 g/mol. The Morgan fingerprint density at radius 3 is 2.22 bits per heavy atom. The van der Waals surface area contributed by atoms with Crippen LogP contribution in [0.25, 0.3) is 17.1 Å². The third-order valence-electron chi connectivity index (χ3n) is 2.91. The first-order chi connectivity index (χ1) is 10.9. The molecule has 0 spiro atoms. The largest absolute Gasteiger partial charge is 0.573 e. The molecule has 0 aliphatic carbocycles. The molecule has 0 radical (unpaired) electrons. The molecule has 6 nitrogen and oxygen atoms in total. The van der Waals surface area contributed by atoms with Crippen LogP contribution >= 0.6 is 0 Å². The molecule has 0 atom stereocenters. The van der Waals surface area contributed by atoms with Crippen LogP contribution in [0.4, 0.5) is 13.2 Å². The van der Waals surface area contributed by atoms with E-state index in [1.54, 1.807) is 12.1 Å². The van der Waals surface area contributed by atoms with Gasteiger partial charge in [0.25, 0.3) is 0 Å². The molecule has 1 heterocycles. The highest BCUT2D eigenvalue weighted by atomic mass is 19.4. The van der Waals surface area contributed by atoms with E-state index in [0.717, 1.165) is 0 Å². The number of hydrogen-bond acceptors (Lipinski definition) is 5. The number of ether oxygens (including phenoxy) is 1. The Kier molecular flexibility index (Phi) is 3.61. The van der Waals surface area contributed by atoms with Crippen LogP contribution in [-0.4, -0.2) is 31.7 Å². The molecule has 0 bridgehead atoms. The van der Waals surface area contributed by atoms with Crippen molar-refractivity contribution in [2.24, 2.45) is 0 Å². The van der Waals surface area contributed by atoms with Gasteiger partial charge in [-0.15, -0.1) is 18.3 Å². The third kappa shape index (κ3) is 3.39. The zero-order valence-corrected chi connectivity index (χ0v) is 11.4. The molecule has 0 unspecified atom stereocenters. The number of phenolic OH excluding ortho intramolecular Hbond substituents is 1. The molecular formula is C14H9F3N4O2. The second kappa shape index (κ2) is 5.59. The lowest BCUT2D eigenvalue weighted by Gasteiger charge is -2.09. The SMILES string of the molecule is Oc1ccc(-n2nnnc2-c2ccc(OC(F)(F)F)cc2)cc1. The van der Waals surface area contributed by atoms with E-state index < -0.39 is 6.36 Å². The lowest BCUT2D eigenvalue weighted by Crippen LogP contribution is -2.16. The summed E-state index contributed by atoms with van der Waals surface area (Å²) in [6.45, 7) is 0. The van der Waals surface area contributed by atoms with Crippen molar-refractivity contribution in [3.8, 4) is 28.6 Å². The molecule has 0 saturated heterocycles. The molecule has 23 heavy (non-hydrogen) atoms. The molecule has 0 fully saturated rings. The van der Waals surface area contributed by atoms with Crippen LogP contribution in [0, 0.1) is 0 Å². The van der Waals surface area contributed by atoms with Crippen molar-refractivity contribution in [1.82, 2.24) is 20.2 Å². The smallest absolute Gasteiger partial charge is 0.508 e. The molecule has 3 aromatic rings. The monoisotopic (exact) mass is 322 g/mol. The number of aromatic hydroxyl groups is 1. The number of benzene rings is 2. The zero-order valence-electron chi connectivity index (χ0n) is 11.4. The summed E-state index contributed by atoms with van der Waals surface area (Å²) in [6.07, 6.45) is -4.74. The molecule has 1 N–H and O–H groups in total. The van der Waals surface area contributed by atoms with Gasteiger partial charge in [-0.1, -0.05) is 0 Å². The normalized spacial score (nSPS) is 11.4. The summed E-state index contributed by atoms with van der Waals surface area (Å²) in [6, 6.07) is 11.4. The number of aromatic nitrogens is 4. The number of nitrogens with zero attached hydrogens (tertiary/aromatic N) is 4. The maximum atomic E-state index is 12.2. The fourth-order valence-corrected chi connectivity index (χ4v) is 1.94. The van der Waals surface area contributed by atoms with Gasteiger partial charge in [0.05, 0.1) is 5.69 Å². The van der Waals surface area contributed by atoms with E-state index in [0.29, 0.717) is 17.1 Å². The van der Waals surface area contributed by atoms with Crippen LogP contribution < -0.4 is 4.74 Å². The van der Waals surface area contributed by atoms with Gasteiger partial charge in [0.15, 0.2) is 5.82 Å². The maximum absolute atomic E-state index is 12.2. The molecule has 3 rings (SSSR count). The van der Waals surface area contributed by atoms with Gasteiger partial charge in [-0.05, 0) is 59.0 Å². The Hall–Kier alpha value is -3.10. The van der Waals surface area contributed by atoms with E-state index in [1.165, 1.54) is 41.1 Å². The van der Waals surface area contributed by atoms with Gasteiger partial charge in [-0.25, -0.2) is 0 Å². The lowest BCUT2D eigenvalue weighted by atomic mass is 10.2. The Labute approximate surface area is 127 Å². The molecule has 0 saturated carbocycles. The molecule has 9 heteroatoms. The lowest BCUT2D eigenvalue weighted by molar-refractivity contribution is -0.274. The summed E-state index contributed by atoms with van der Waals surface area (Å²) in [7, 11) is 0. The number of halogens is 3. The number of hydrogen-bond donors (Lipinski definition) is 1. The Bertz CT molecular complexity index is 798. The molecule has 0 aliphatic heterocycles. The van der Waals surface area contributed by atoms with Crippen molar-refractivity contribution >= 4 is 0 Å². The van der Waals surface area contributed by atoms with Gasteiger partial charge in [0, 0.05) is 5.56 Å². The Morgan fingerprint density at radius 1 is 0.957 bits per heavy atom. The van der Waals surface area contributed by atoms with Gasteiger partial charge in [-0.3, -0.25) is 0 Å². The van der Waals surface area contributed by atoms with E-state index in [2.05, 4.69) is 20.3 Å². The summed E-state index contributed by atoms with van der Waals surface area (Å²) in [5, 5.41) is 20.6. The van der Waals surface area contributed by atoms with Gasteiger partial charge in [-0.2, -0.15) is 4.68 Å². The number of alkyl halides is 3. The summed E-state index contributed by atoms with van der Waals surface area (Å²) in [5.74, 6) is 0.108. The van der Waals surface area contributed by atoms with Crippen molar-refractivity contribution in [3.05, 3.63) is 48.5 Å². The molecule has 118 valence electrons. The van der Waals surface area contributed by atoms with Crippen LogP contribution in [0.3, 0.4) is 0 Å². The van der Waals surface area contributed by atoms with E-state index in [4.69, 9.17) is 0 Å². The first-order valence-corrected chi connectivity index (χ1v) is 6.36. The fourth-order valence-electron chi connectivity index (χ4n) is 1.94. The third-order valence-corrected chi connectivity index (χ3v) is 2.91. The topological polar surface area (TPSA) is 73.1 Å². The van der Waals surface area contributed by atoms with Crippen molar-refractivity contribution < 1.29 is 23.0 Å². The molecule has 0 amide bonds. The van der Waals surface area contributed by atoms with Crippen LogP contribution in [-0.2, 0) is 0 Å². The summed E-state index contributed by atoms with van der Waals surface area (Å²) < 4.78 is 41.7. The summed E-state index contributed by atoms with van der Waals surface area (Å²) in [5.41, 5.74) is 1.11. The minimum Gasteiger partial charge on any atom is -0.508 e. The molecule has 2 aromatic carbocycles. The first-order valence-electron chi connectivity index (χ1n) is 6.36. The van der Waals surface area contributed by atoms with Crippen LogP contribution in [0.5, 0.6) is 11.5 Å². The fraction of sp³-hybridized carbons (Fsp3) is 0.0714. The average Bonchev–Trinajstić information content (AvgIpc) is 2.96. The van der Waals surface area contributed by atoms with Crippen LogP contribution in [0.2, 0.25) is 0 Å². The van der Waals surface area contributed by atoms with Gasteiger partial charge < -0.3 is 9.84 Å². The first kappa shape index (κ1) is 14.8. The molecular weight excluding hydrogens is 313 g/mol. The van der Waals surface area contributed by atoms with E-state index in [1.807, 2.05) is 0 Å². The highest BCUT2D eigenvalue weighted by molar-refractivity contribution is 5.58. The molecule has 1 aromatic heterocycles. The zero-order chi connectivity index (χ0) is 16.4. The minimum atomic E-state index is -4.74. The van der Waals surface area contributed by atoms with Gasteiger partial charge >= 0.3 is 6.36 Å². The highest BCUT2D eigenvalue weighted by Crippen LogP contribution is 2.26. The quantitative estimate of drug-likeness (QED) is 0.802. The molecule has 0 aliphatic rings. The predicted octanol–water partition coefficient (Wildman–Crippen LogP) is 2.93. The second-order valence-corrected chi connectivity index (χ2v) is 4.50. The Balaban J connectivity index is 1.91. The van der Waals surface area contributed by atoms with Crippen molar-refractivity contribution in [2.75, 3.05) is 0 Å². The Morgan fingerprint density at radius 2 is 1.61 bits per heavy atom. The maximum Gasteiger partial charge on any atom is 0.573 e. The van der Waals surface area contributed by atoms with Crippen molar-refractivity contribution in [3.63, 3.8) is 0 Å². The second-order valence-electron chi connectivity index (χ2n) is 4.50. The highest BCUT2D eigenvalue weighted by Gasteiger charge is 2.31.